The molecule has 0 spiro atoms. The number of nitrogens with zero attached hydrogens (tertiary/aromatic N) is 2. The molecule has 1 aromatic heterocycles. The Morgan fingerprint density at radius 3 is 2.72 bits per heavy atom. The van der Waals surface area contributed by atoms with E-state index in [0.29, 0.717) is 18.7 Å². The standard InChI is InChI=1S/C10H13F3N2O3/c1-7(16)2-3-9-14-8(15-18-9)4-5-17-6-10(11,12)13/h2-6H2,1H3. The Hall–Kier alpha value is -1.44. The first kappa shape index (κ1) is 14.6. The Kier molecular flexibility index (Phi) is 5.26. The third kappa shape index (κ3) is 6.33. The summed E-state index contributed by atoms with van der Waals surface area (Å²) in [6.45, 7) is 0.0233. The number of halogens is 3. The lowest BCUT2D eigenvalue weighted by Gasteiger charge is -2.05. The van der Waals surface area contributed by atoms with Gasteiger partial charge in [0.05, 0.1) is 6.61 Å². The van der Waals surface area contributed by atoms with Gasteiger partial charge in [-0.15, -0.1) is 0 Å². The molecule has 0 saturated heterocycles. The second kappa shape index (κ2) is 6.48. The van der Waals surface area contributed by atoms with Gasteiger partial charge in [0.25, 0.3) is 0 Å². The number of hydrogen-bond acceptors (Lipinski definition) is 5. The summed E-state index contributed by atoms with van der Waals surface area (Å²) < 4.78 is 44.5. The van der Waals surface area contributed by atoms with E-state index in [2.05, 4.69) is 14.9 Å². The number of alkyl halides is 3. The summed E-state index contributed by atoms with van der Waals surface area (Å²) in [4.78, 5) is 14.6. The zero-order valence-electron chi connectivity index (χ0n) is 9.79. The van der Waals surface area contributed by atoms with Crippen molar-refractivity contribution in [2.45, 2.75) is 32.4 Å². The monoisotopic (exact) mass is 266 g/mol. The molecule has 0 aliphatic carbocycles. The summed E-state index contributed by atoms with van der Waals surface area (Å²) in [6, 6.07) is 0. The van der Waals surface area contributed by atoms with Crippen LogP contribution in [0.3, 0.4) is 0 Å². The van der Waals surface area contributed by atoms with Crippen molar-refractivity contribution in [1.29, 1.82) is 0 Å². The van der Waals surface area contributed by atoms with Crippen LogP contribution in [0, 0.1) is 0 Å². The third-order valence-electron chi connectivity index (χ3n) is 1.94. The maximum atomic E-state index is 11.8. The minimum Gasteiger partial charge on any atom is -0.372 e. The van der Waals surface area contributed by atoms with Crippen LogP contribution >= 0.6 is 0 Å². The predicted molar refractivity (Wildman–Crippen MR) is 53.9 cm³/mol. The minimum atomic E-state index is -4.33. The Morgan fingerprint density at radius 1 is 1.39 bits per heavy atom. The van der Waals surface area contributed by atoms with Gasteiger partial charge in [-0.05, 0) is 6.92 Å². The average Bonchev–Trinajstić information content (AvgIpc) is 2.68. The van der Waals surface area contributed by atoms with Crippen molar-refractivity contribution in [2.24, 2.45) is 0 Å². The van der Waals surface area contributed by atoms with Crippen molar-refractivity contribution in [2.75, 3.05) is 13.2 Å². The highest BCUT2D eigenvalue weighted by molar-refractivity contribution is 5.75. The highest BCUT2D eigenvalue weighted by Crippen LogP contribution is 2.14. The van der Waals surface area contributed by atoms with E-state index in [1.54, 1.807) is 0 Å². The van der Waals surface area contributed by atoms with Crippen molar-refractivity contribution >= 4 is 5.78 Å². The molecule has 5 nitrogen and oxygen atoms in total. The lowest BCUT2D eigenvalue weighted by molar-refractivity contribution is -0.173. The molecular formula is C10H13F3N2O3. The number of Topliss-reactive ketones (excluding diaryl/α,β-unsaturated/α-hetero) is 1. The number of rotatable bonds is 7. The topological polar surface area (TPSA) is 65.2 Å². The van der Waals surface area contributed by atoms with Crippen LogP contribution in [0.1, 0.15) is 25.1 Å². The number of carbonyl (C=O) groups is 1. The highest BCUT2D eigenvalue weighted by Gasteiger charge is 2.27. The first-order valence-electron chi connectivity index (χ1n) is 5.32. The van der Waals surface area contributed by atoms with Gasteiger partial charge >= 0.3 is 6.18 Å². The van der Waals surface area contributed by atoms with Gasteiger partial charge in [0.2, 0.25) is 5.89 Å². The van der Waals surface area contributed by atoms with Gasteiger partial charge in [0, 0.05) is 19.3 Å². The van der Waals surface area contributed by atoms with Gasteiger partial charge in [-0.2, -0.15) is 18.2 Å². The quantitative estimate of drug-likeness (QED) is 0.703. The zero-order valence-corrected chi connectivity index (χ0v) is 9.79. The van der Waals surface area contributed by atoms with Crippen LogP contribution < -0.4 is 0 Å². The number of ketones is 1. The molecule has 8 heteroatoms. The van der Waals surface area contributed by atoms with Gasteiger partial charge in [-0.1, -0.05) is 5.16 Å². The third-order valence-corrected chi connectivity index (χ3v) is 1.94. The van der Waals surface area contributed by atoms with Crippen molar-refractivity contribution in [3.8, 4) is 0 Å². The van der Waals surface area contributed by atoms with E-state index in [4.69, 9.17) is 4.52 Å². The molecule has 0 amide bonds. The van der Waals surface area contributed by atoms with E-state index in [1.807, 2.05) is 0 Å². The van der Waals surface area contributed by atoms with Crippen molar-refractivity contribution in [1.82, 2.24) is 10.1 Å². The van der Waals surface area contributed by atoms with E-state index >= 15 is 0 Å². The molecule has 0 atom stereocenters. The first-order valence-corrected chi connectivity index (χ1v) is 5.32. The molecule has 0 bridgehead atoms. The van der Waals surface area contributed by atoms with Gasteiger partial charge in [-0.25, -0.2) is 0 Å². The SMILES string of the molecule is CC(=O)CCc1nc(CCOCC(F)(F)F)no1. The van der Waals surface area contributed by atoms with Crippen LogP contribution in [0.4, 0.5) is 13.2 Å². The Morgan fingerprint density at radius 2 is 2.11 bits per heavy atom. The van der Waals surface area contributed by atoms with Crippen molar-refractivity contribution in [3.63, 3.8) is 0 Å². The fraction of sp³-hybridized carbons (Fsp3) is 0.700. The normalized spacial score (nSPS) is 11.8. The van der Waals surface area contributed by atoms with Gasteiger partial charge in [-0.3, -0.25) is 0 Å². The summed E-state index contributed by atoms with van der Waals surface area (Å²) in [7, 11) is 0. The van der Waals surface area contributed by atoms with E-state index in [-0.39, 0.29) is 24.6 Å². The number of aromatic nitrogens is 2. The van der Waals surface area contributed by atoms with Crippen LogP contribution in [0.5, 0.6) is 0 Å². The average molecular weight is 266 g/mol. The summed E-state index contributed by atoms with van der Waals surface area (Å²) in [6.07, 6.45) is -3.55. The first-order chi connectivity index (χ1) is 8.37. The second-order valence-electron chi connectivity index (χ2n) is 3.72. The van der Waals surface area contributed by atoms with Crippen LogP contribution in [0.25, 0.3) is 0 Å². The molecule has 0 N–H and O–H groups in total. The molecule has 102 valence electrons. The van der Waals surface area contributed by atoms with Crippen LogP contribution in [0.2, 0.25) is 0 Å². The molecule has 0 saturated carbocycles. The largest absolute Gasteiger partial charge is 0.411 e. The van der Waals surface area contributed by atoms with Gasteiger partial charge in [0.1, 0.15) is 12.4 Å². The molecule has 0 fully saturated rings. The van der Waals surface area contributed by atoms with Crippen molar-refractivity contribution in [3.05, 3.63) is 11.7 Å². The maximum absolute atomic E-state index is 11.8. The molecule has 1 aromatic rings. The van der Waals surface area contributed by atoms with Crippen LogP contribution in [-0.4, -0.2) is 35.3 Å². The number of ether oxygens (including phenoxy) is 1. The molecule has 1 heterocycles. The Labute approximate surface area is 101 Å². The minimum absolute atomic E-state index is 0.00302. The summed E-state index contributed by atoms with van der Waals surface area (Å²) in [5.74, 6) is 0.579. The lowest BCUT2D eigenvalue weighted by atomic mass is 10.2. The van der Waals surface area contributed by atoms with E-state index in [1.165, 1.54) is 6.92 Å². The van der Waals surface area contributed by atoms with E-state index < -0.39 is 12.8 Å². The van der Waals surface area contributed by atoms with Crippen molar-refractivity contribution < 1.29 is 27.2 Å². The summed E-state index contributed by atoms with van der Waals surface area (Å²) in [5.41, 5.74) is 0. The lowest BCUT2D eigenvalue weighted by Crippen LogP contribution is -2.18. The molecule has 0 aliphatic heterocycles. The fourth-order valence-electron chi connectivity index (χ4n) is 1.13. The zero-order chi connectivity index (χ0) is 13.6. The molecule has 0 radical (unpaired) electrons. The van der Waals surface area contributed by atoms with Gasteiger partial charge < -0.3 is 14.1 Å². The maximum Gasteiger partial charge on any atom is 0.411 e. The Balaban J connectivity index is 2.25. The Bertz CT molecular complexity index is 390. The summed E-state index contributed by atoms with van der Waals surface area (Å²) >= 11 is 0. The molecule has 0 aromatic carbocycles. The highest BCUT2D eigenvalue weighted by atomic mass is 19.4. The van der Waals surface area contributed by atoms with Gasteiger partial charge in [0.15, 0.2) is 5.82 Å². The fourth-order valence-corrected chi connectivity index (χ4v) is 1.13. The molecular weight excluding hydrogens is 253 g/mol. The second-order valence-corrected chi connectivity index (χ2v) is 3.72. The number of hydrogen-bond donors (Lipinski definition) is 0. The van der Waals surface area contributed by atoms with Crippen LogP contribution in [-0.2, 0) is 22.4 Å². The molecule has 0 unspecified atom stereocenters. The number of carbonyl (C=O) groups excluding carboxylic acids is 1. The molecule has 1 rings (SSSR count). The van der Waals surface area contributed by atoms with E-state index in [9.17, 15) is 18.0 Å². The predicted octanol–water partition coefficient (Wildman–Crippen LogP) is 1.71. The van der Waals surface area contributed by atoms with Crippen LogP contribution in [0.15, 0.2) is 4.52 Å². The number of aryl methyl sites for hydroxylation is 1. The van der Waals surface area contributed by atoms with E-state index in [0.717, 1.165) is 0 Å². The molecule has 18 heavy (non-hydrogen) atoms. The summed E-state index contributed by atoms with van der Waals surface area (Å²) in [5, 5.41) is 3.57. The smallest absolute Gasteiger partial charge is 0.372 e. The molecule has 0 aliphatic rings.